The third kappa shape index (κ3) is 12.1. The topological polar surface area (TPSA) is 129 Å². The number of rotatable bonds is 7. The van der Waals surface area contributed by atoms with E-state index in [2.05, 4.69) is 18.7 Å². The third-order valence-electron chi connectivity index (χ3n) is 11.3. The van der Waals surface area contributed by atoms with E-state index in [4.69, 9.17) is 14.2 Å². The number of aliphatic hydroxyl groups excluding tert-OH is 1. The van der Waals surface area contributed by atoms with Crippen molar-refractivity contribution in [2.75, 3.05) is 39.3 Å². The van der Waals surface area contributed by atoms with Crippen LogP contribution in [-0.2, 0) is 19.0 Å². The maximum Gasteiger partial charge on any atom is 0.410 e. The first-order valence-electron chi connectivity index (χ1n) is 19.4. The first kappa shape index (κ1) is 40.9. The Bertz CT molecular complexity index is 1250. The maximum atomic E-state index is 13.5. The lowest BCUT2D eigenvalue weighted by atomic mass is 9.89. The number of nitrogens with zero attached hydrogens (tertiary/aromatic N) is 3. The van der Waals surface area contributed by atoms with Gasteiger partial charge in [-0.3, -0.25) is 9.69 Å². The van der Waals surface area contributed by atoms with Gasteiger partial charge in [-0.1, -0.05) is 63.8 Å². The van der Waals surface area contributed by atoms with Crippen molar-refractivity contribution in [2.45, 2.75) is 148 Å². The molecule has 2 saturated heterocycles. The summed E-state index contributed by atoms with van der Waals surface area (Å²) >= 11 is 0. The molecule has 0 unspecified atom stereocenters. The summed E-state index contributed by atoms with van der Waals surface area (Å²) in [5, 5.41) is 22.2. The van der Waals surface area contributed by atoms with Gasteiger partial charge < -0.3 is 34.2 Å². The van der Waals surface area contributed by atoms with Crippen LogP contribution in [0.2, 0.25) is 0 Å². The van der Waals surface area contributed by atoms with Crippen molar-refractivity contribution in [1.82, 2.24) is 14.7 Å². The Morgan fingerprint density at radius 1 is 0.980 bits per heavy atom. The average molecular weight is 716 g/mol. The van der Waals surface area contributed by atoms with E-state index in [9.17, 15) is 24.6 Å². The Morgan fingerprint density at radius 3 is 2.31 bits per heavy atom. The highest BCUT2D eigenvalue weighted by atomic mass is 16.6. The molecule has 0 radical (unpaired) electrons. The molecule has 0 bridgehead atoms. The first-order chi connectivity index (χ1) is 24.2. The molecule has 3 aliphatic heterocycles. The van der Waals surface area contributed by atoms with Crippen LogP contribution in [0.25, 0.3) is 0 Å². The summed E-state index contributed by atoms with van der Waals surface area (Å²) < 4.78 is 17.5. The van der Waals surface area contributed by atoms with Crippen LogP contribution < -0.4 is 0 Å². The number of hydrogen-bond acceptors (Lipinski definition) is 9. The zero-order chi connectivity index (χ0) is 37.2. The third-order valence-corrected chi connectivity index (χ3v) is 11.3. The van der Waals surface area contributed by atoms with E-state index in [0.717, 1.165) is 31.5 Å². The normalized spacial score (nSPS) is 32.0. The van der Waals surface area contributed by atoms with Crippen LogP contribution in [0, 0.1) is 11.8 Å². The molecule has 1 saturated carbocycles. The number of ether oxygens (including phenoxy) is 3. The first-order valence-corrected chi connectivity index (χ1v) is 19.4. The lowest BCUT2D eigenvalue weighted by molar-refractivity contribution is -0.151. The van der Waals surface area contributed by atoms with Gasteiger partial charge in [-0.05, 0) is 77.9 Å². The van der Waals surface area contributed by atoms with E-state index in [1.807, 2.05) is 45.1 Å². The Hall–Kier alpha value is -2.89. The monoisotopic (exact) mass is 715 g/mol. The van der Waals surface area contributed by atoms with Gasteiger partial charge >= 0.3 is 18.2 Å². The van der Waals surface area contributed by atoms with Gasteiger partial charge in [-0.15, -0.1) is 0 Å². The van der Waals surface area contributed by atoms with Crippen molar-refractivity contribution in [3.05, 3.63) is 36.0 Å². The van der Waals surface area contributed by atoms with Crippen molar-refractivity contribution >= 4 is 18.2 Å². The lowest BCUT2D eigenvalue weighted by Gasteiger charge is -2.40. The second-order valence-electron chi connectivity index (χ2n) is 16.3. The fourth-order valence-corrected chi connectivity index (χ4v) is 7.80. The maximum absolute atomic E-state index is 13.5. The predicted octanol–water partition coefficient (Wildman–Crippen LogP) is 6.38. The molecule has 2 amide bonds. The second kappa shape index (κ2) is 18.7. The van der Waals surface area contributed by atoms with Crippen LogP contribution in [0.5, 0.6) is 0 Å². The summed E-state index contributed by atoms with van der Waals surface area (Å²) in [6, 6.07) is 0.587. The Morgan fingerprint density at radius 2 is 1.67 bits per heavy atom. The molecule has 4 aliphatic rings. The number of aliphatic hydroxyl groups is 2. The number of amides is 2. The van der Waals surface area contributed by atoms with Gasteiger partial charge in [0.1, 0.15) is 11.7 Å². The van der Waals surface area contributed by atoms with Gasteiger partial charge in [0.15, 0.2) is 6.10 Å². The van der Waals surface area contributed by atoms with Crippen molar-refractivity contribution in [1.29, 1.82) is 0 Å². The molecule has 4 rings (SSSR count). The predicted molar refractivity (Wildman–Crippen MR) is 197 cm³/mol. The van der Waals surface area contributed by atoms with Crippen molar-refractivity contribution < 1.29 is 38.8 Å². The average Bonchev–Trinajstić information content (AvgIpc) is 3.25. The largest absolute Gasteiger partial charge is 0.457 e. The second-order valence-corrected chi connectivity index (χ2v) is 16.3. The van der Waals surface area contributed by atoms with Crippen LogP contribution >= 0.6 is 0 Å². The van der Waals surface area contributed by atoms with E-state index in [0.29, 0.717) is 25.7 Å². The summed E-state index contributed by atoms with van der Waals surface area (Å²) in [4.78, 5) is 45.0. The number of carbonyl (C=O) groups excluding carboxylic acids is 3. The Balaban J connectivity index is 1.39. The number of cyclic esters (lactones) is 1. The van der Waals surface area contributed by atoms with Crippen LogP contribution in [0.3, 0.4) is 0 Å². The van der Waals surface area contributed by atoms with Gasteiger partial charge in [0.2, 0.25) is 0 Å². The molecular weight excluding hydrogens is 650 g/mol. The van der Waals surface area contributed by atoms with Crippen molar-refractivity contribution in [2.24, 2.45) is 11.8 Å². The molecule has 11 nitrogen and oxygen atoms in total. The van der Waals surface area contributed by atoms with Crippen molar-refractivity contribution in [3.8, 4) is 0 Å². The molecule has 6 atom stereocenters. The summed E-state index contributed by atoms with van der Waals surface area (Å²) in [6.45, 7) is 15.2. The number of carbonyl (C=O) groups is 3. The zero-order valence-corrected chi connectivity index (χ0v) is 32.1. The Labute approximate surface area is 306 Å². The molecule has 11 heteroatoms. The smallest absolute Gasteiger partial charge is 0.410 e. The molecule has 0 aromatic carbocycles. The van der Waals surface area contributed by atoms with E-state index >= 15 is 0 Å². The summed E-state index contributed by atoms with van der Waals surface area (Å²) in [7, 11) is 0. The Kier molecular flexibility index (Phi) is 15.0. The molecule has 0 aromatic heterocycles. The van der Waals surface area contributed by atoms with E-state index in [1.165, 1.54) is 38.5 Å². The van der Waals surface area contributed by atoms with Crippen LogP contribution in [-0.4, -0.2) is 118 Å². The molecule has 2 N–H and O–H groups in total. The van der Waals surface area contributed by atoms with Gasteiger partial charge in [0.05, 0.1) is 19.1 Å². The van der Waals surface area contributed by atoms with Gasteiger partial charge in [0.25, 0.3) is 0 Å². The highest BCUT2D eigenvalue weighted by Gasteiger charge is 2.38. The number of esters is 1. The lowest BCUT2D eigenvalue weighted by Crippen LogP contribution is -2.53. The molecule has 1 aliphatic carbocycles. The van der Waals surface area contributed by atoms with Gasteiger partial charge in [0, 0.05) is 56.1 Å². The zero-order valence-electron chi connectivity index (χ0n) is 32.1. The van der Waals surface area contributed by atoms with Crippen LogP contribution in [0.1, 0.15) is 112 Å². The summed E-state index contributed by atoms with van der Waals surface area (Å²) in [5.41, 5.74) is -0.882. The minimum atomic E-state index is -1.47. The number of likely N-dealkylation sites (tertiary alicyclic amines) is 1. The minimum absolute atomic E-state index is 0.0347. The summed E-state index contributed by atoms with van der Waals surface area (Å²) in [5.74, 6) is -0.897. The minimum Gasteiger partial charge on any atom is -0.457 e. The molecule has 51 heavy (non-hydrogen) atoms. The van der Waals surface area contributed by atoms with Crippen LogP contribution in [0.4, 0.5) is 9.59 Å². The molecule has 288 valence electrons. The fourth-order valence-electron chi connectivity index (χ4n) is 7.80. The SMILES string of the molecule is C/C(=C\C=C\[C@@H](C)COC(=O)N1CCCC1(C)C)[C@H]1OC(=O)C[C@H](O)CC[C@@](C)(O)[C@@H](OC(=O)N2CCN(C3CCCCCC3)CC2)/C=C/[C@@H]1C. The van der Waals surface area contributed by atoms with Crippen LogP contribution in [0.15, 0.2) is 36.0 Å². The fraction of sp³-hybridized carbons (Fsp3) is 0.775. The molecule has 0 aromatic rings. The van der Waals surface area contributed by atoms with E-state index < -0.39 is 36.0 Å². The van der Waals surface area contributed by atoms with Crippen molar-refractivity contribution in [3.63, 3.8) is 0 Å². The number of hydrogen-bond donors (Lipinski definition) is 2. The van der Waals surface area contributed by atoms with Gasteiger partial charge in [-0.25, -0.2) is 9.59 Å². The molecule has 3 fully saturated rings. The standard InChI is InChI=1S/C40H65N3O8/c1-29(28-49-38(47)43-22-12-20-39(43,4)5)13-11-14-30(2)36-31(3)17-18-34(40(6,48)21-19-33(44)27-35(45)51-36)50-37(46)42-25-23-41(24-26-42)32-15-9-7-8-10-16-32/h11,13-14,17-18,29,31-34,36,44,48H,7-10,12,15-16,19-28H2,1-6H3/b13-11+,18-17+,30-14+/t29-,31+,33-,34+,36-,40-/m1/s1. The van der Waals surface area contributed by atoms with Gasteiger partial charge in [-0.2, -0.15) is 0 Å². The quantitative estimate of drug-likeness (QED) is 0.101. The highest BCUT2D eigenvalue weighted by Crippen LogP contribution is 2.30. The summed E-state index contributed by atoms with van der Waals surface area (Å²) in [6.07, 6.45) is 15.4. The number of allylic oxidation sites excluding steroid dienone is 2. The molecule has 3 heterocycles. The van der Waals surface area contributed by atoms with E-state index in [1.54, 1.807) is 22.8 Å². The van der Waals surface area contributed by atoms with E-state index in [-0.39, 0.29) is 49.3 Å². The molecule has 0 spiro atoms. The number of piperazine rings is 1. The molecular formula is C40H65N3O8. The highest BCUT2D eigenvalue weighted by molar-refractivity contribution is 5.71.